The van der Waals surface area contributed by atoms with Gasteiger partial charge < -0.3 is 14.5 Å². The van der Waals surface area contributed by atoms with Gasteiger partial charge in [0.2, 0.25) is 0 Å². The topological polar surface area (TPSA) is 127 Å². The normalized spacial score (nSPS) is 11.2. The molecule has 0 atom stereocenters. The van der Waals surface area contributed by atoms with Crippen LogP contribution in [0.2, 0.25) is 0 Å². The summed E-state index contributed by atoms with van der Waals surface area (Å²) in [5.41, 5.74) is 0. The fraction of sp³-hybridized carbons (Fsp3) is 0.769. The number of Topliss-reactive ketones (excluding diaryl/α,β-unsaturated/α-hetero) is 2. The number of hydrogen-bond donors (Lipinski definition) is 2. The van der Waals surface area contributed by atoms with Gasteiger partial charge in [-0.3, -0.25) is 18.9 Å². The van der Waals surface area contributed by atoms with Gasteiger partial charge in [0, 0.05) is 6.42 Å². The Bertz CT molecular complexity index is 414. The molecule has 0 amide bonds. The monoisotopic (exact) mass is 338 g/mol. The van der Waals surface area contributed by atoms with Crippen LogP contribution in [0.3, 0.4) is 0 Å². The van der Waals surface area contributed by atoms with Gasteiger partial charge in [-0.1, -0.05) is 32.6 Å². The van der Waals surface area contributed by atoms with Gasteiger partial charge >= 0.3 is 13.8 Å². The lowest BCUT2D eigenvalue weighted by Gasteiger charge is -2.06. The van der Waals surface area contributed by atoms with Crippen LogP contribution in [0.15, 0.2) is 0 Å². The molecule has 0 aliphatic carbocycles. The Hall–Kier alpha value is -1.08. The number of phosphoric ester groups is 1. The van der Waals surface area contributed by atoms with Crippen molar-refractivity contribution in [2.24, 2.45) is 0 Å². The molecule has 0 heterocycles. The van der Waals surface area contributed by atoms with E-state index < -0.39 is 39.2 Å². The molecule has 128 valence electrons. The molecule has 0 saturated carbocycles. The molecule has 0 bridgehead atoms. The average molecular weight is 338 g/mol. The van der Waals surface area contributed by atoms with Crippen molar-refractivity contribution < 1.29 is 38.0 Å². The van der Waals surface area contributed by atoms with Crippen molar-refractivity contribution in [3.63, 3.8) is 0 Å². The molecule has 0 aromatic heterocycles. The van der Waals surface area contributed by atoms with E-state index in [0.29, 0.717) is 6.42 Å². The van der Waals surface area contributed by atoms with E-state index >= 15 is 0 Å². The number of carbonyl (C=O) groups is 3. The number of unbranched alkanes of at least 4 members (excludes halogenated alkanes) is 4. The van der Waals surface area contributed by atoms with Gasteiger partial charge in [-0.05, 0) is 6.42 Å². The number of rotatable bonds is 13. The quantitative estimate of drug-likeness (QED) is 0.224. The zero-order valence-corrected chi connectivity index (χ0v) is 13.5. The molecule has 0 rings (SSSR count). The first-order valence-electron chi connectivity index (χ1n) is 7.13. The van der Waals surface area contributed by atoms with Crippen molar-refractivity contribution in [2.45, 2.75) is 51.9 Å². The molecule has 9 heteroatoms. The SMILES string of the molecule is CCCCCCCC(=O)CC(=O)OCC(=O)COP(=O)(O)O. The van der Waals surface area contributed by atoms with Crippen LogP contribution < -0.4 is 0 Å². The fourth-order valence-electron chi connectivity index (χ4n) is 1.58. The van der Waals surface area contributed by atoms with E-state index in [1.165, 1.54) is 0 Å². The van der Waals surface area contributed by atoms with Gasteiger partial charge in [0.25, 0.3) is 0 Å². The number of carbonyl (C=O) groups excluding carboxylic acids is 3. The second kappa shape index (κ2) is 11.5. The Labute approximate surface area is 129 Å². The average Bonchev–Trinajstić information content (AvgIpc) is 2.42. The third kappa shape index (κ3) is 13.9. The molecule has 0 aromatic carbocycles. The van der Waals surface area contributed by atoms with Crippen molar-refractivity contribution >= 4 is 25.4 Å². The molecule has 0 aliphatic rings. The molecule has 2 N–H and O–H groups in total. The molecular formula is C13H23O8P. The molecule has 8 nitrogen and oxygen atoms in total. The summed E-state index contributed by atoms with van der Waals surface area (Å²) in [5.74, 6) is -1.88. The summed E-state index contributed by atoms with van der Waals surface area (Å²) >= 11 is 0. The summed E-state index contributed by atoms with van der Waals surface area (Å²) in [5, 5.41) is 0. The molecular weight excluding hydrogens is 315 g/mol. The second-order valence-corrected chi connectivity index (χ2v) is 6.08. The van der Waals surface area contributed by atoms with Crippen LogP contribution in [-0.4, -0.2) is 40.5 Å². The van der Waals surface area contributed by atoms with Crippen LogP contribution in [-0.2, 0) is 28.2 Å². The maximum atomic E-state index is 11.5. The molecule has 0 fully saturated rings. The first-order chi connectivity index (χ1) is 10.2. The maximum absolute atomic E-state index is 11.5. The third-order valence-corrected chi connectivity index (χ3v) is 3.15. The van der Waals surface area contributed by atoms with Crippen molar-refractivity contribution in [1.29, 1.82) is 0 Å². The van der Waals surface area contributed by atoms with E-state index in [1.54, 1.807) is 0 Å². The Balaban J connectivity index is 3.73. The van der Waals surface area contributed by atoms with Crippen LogP contribution in [0.25, 0.3) is 0 Å². The second-order valence-electron chi connectivity index (χ2n) is 4.84. The summed E-state index contributed by atoms with van der Waals surface area (Å²) in [6, 6.07) is 0. The summed E-state index contributed by atoms with van der Waals surface area (Å²) in [7, 11) is -4.73. The molecule has 0 saturated heterocycles. The van der Waals surface area contributed by atoms with Crippen molar-refractivity contribution in [2.75, 3.05) is 13.2 Å². The van der Waals surface area contributed by atoms with Gasteiger partial charge in [-0.15, -0.1) is 0 Å². The molecule has 0 spiro atoms. The van der Waals surface area contributed by atoms with Crippen molar-refractivity contribution in [1.82, 2.24) is 0 Å². The number of phosphoric acid groups is 1. The highest BCUT2D eigenvalue weighted by atomic mass is 31.2. The summed E-state index contributed by atoms with van der Waals surface area (Å²) in [4.78, 5) is 50.7. The van der Waals surface area contributed by atoms with Crippen LogP contribution in [0.5, 0.6) is 0 Å². The van der Waals surface area contributed by atoms with Crippen LogP contribution >= 0.6 is 7.82 Å². The largest absolute Gasteiger partial charge is 0.470 e. The van der Waals surface area contributed by atoms with Gasteiger partial charge in [-0.2, -0.15) is 0 Å². The Morgan fingerprint density at radius 1 is 0.955 bits per heavy atom. The minimum Gasteiger partial charge on any atom is -0.457 e. The van der Waals surface area contributed by atoms with E-state index in [2.05, 4.69) is 16.2 Å². The summed E-state index contributed by atoms with van der Waals surface area (Å²) in [6.45, 7) is 0.555. The standard InChI is InChI=1S/C13H23O8P/c1-2-3-4-5-6-7-11(14)8-13(16)20-9-12(15)10-21-22(17,18)19/h2-10H2,1H3,(H2,17,18,19). The minimum atomic E-state index is -4.73. The number of esters is 1. The summed E-state index contributed by atoms with van der Waals surface area (Å²) < 4.78 is 18.8. The van der Waals surface area contributed by atoms with Crippen LogP contribution in [0.4, 0.5) is 0 Å². The number of ether oxygens (including phenoxy) is 1. The zero-order chi connectivity index (χ0) is 17.0. The van der Waals surface area contributed by atoms with Crippen molar-refractivity contribution in [3.8, 4) is 0 Å². The summed E-state index contributed by atoms with van der Waals surface area (Å²) in [6.07, 6.45) is 4.85. The smallest absolute Gasteiger partial charge is 0.457 e. The third-order valence-electron chi connectivity index (χ3n) is 2.69. The molecule has 22 heavy (non-hydrogen) atoms. The predicted molar refractivity (Wildman–Crippen MR) is 77.0 cm³/mol. The van der Waals surface area contributed by atoms with E-state index in [4.69, 9.17) is 9.79 Å². The molecule has 0 aliphatic heterocycles. The molecule has 0 radical (unpaired) electrons. The predicted octanol–water partition coefficient (Wildman–Crippen LogP) is 1.53. The van der Waals surface area contributed by atoms with Gasteiger partial charge in [0.1, 0.15) is 18.8 Å². The van der Waals surface area contributed by atoms with E-state index in [9.17, 15) is 18.9 Å². The van der Waals surface area contributed by atoms with Gasteiger partial charge in [0.15, 0.2) is 12.4 Å². The fourth-order valence-corrected chi connectivity index (χ4v) is 1.90. The Morgan fingerprint density at radius 2 is 1.59 bits per heavy atom. The molecule has 0 aromatic rings. The highest BCUT2D eigenvalue weighted by Crippen LogP contribution is 2.35. The highest BCUT2D eigenvalue weighted by molar-refractivity contribution is 7.46. The Kier molecular flexibility index (Phi) is 10.9. The minimum absolute atomic E-state index is 0.250. The first kappa shape index (κ1) is 20.9. The van der Waals surface area contributed by atoms with Crippen LogP contribution in [0.1, 0.15) is 51.9 Å². The first-order valence-corrected chi connectivity index (χ1v) is 8.66. The maximum Gasteiger partial charge on any atom is 0.470 e. The lowest BCUT2D eigenvalue weighted by Crippen LogP contribution is -2.19. The number of ketones is 2. The van der Waals surface area contributed by atoms with E-state index in [1.807, 2.05) is 0 Å². The number of hydrogen-bond acceptors (Lipinski definition) is 6. The molecule has 0 unspecified atom stereocenters. The van der Waals surface area contributed by atoms with Gasteiger partial charge in [0.05, 0.1) is 0 Å². The van der Waals surface area contributed by atoms with E-state index in [0.717, 1.165) is 32.1 Å². The zero-order valence-electron chi connectivity index (χ0n) is 12.7. The van der Waals surface area contributed by atoms with Gasteiger partial charge in [-0.25, -0.2) is 4.57 Å². The lowest BCUT2D eigenvalue weighted by atomic mass is 10.1. The Morgan fingerprint density at radius 3 is 2.18 bits per heavy atom. The highest BCUT2D eigenvalue weighted by Gasteiger charge is 2.18. The van der Waals surface area contributed by atoms with E-state index in [-0.39, 0.29) is 5.78 Å². The van der Waals surface area contributed by atoms with Crippen LogP contribution in [0, 0.1) is 0 Å². The lowest BCUT2D eigenvalue weighted by molar-refractivity contribution is -0.150. The van der Waals surface area contributed by atoms with Crippen molar-refractivity contribution in [3.05, 3.63) is 0 Å².